The molecule has 1 atom stereocenters. The predicted octanol–water partition coefficient (Wildman–Crippen LogP) is 3.85. The Balaban J connectivity index is 2.36. The number of benzene rings is 2. The summed E-state index contributed by atoms with van der Waals surface area (Å²) >= 11 is 0. The molecule has 3 heteroatoms. The molecule has 2 aromatic rings. The number of carbonyl (C=O) groups is 1. The molecule has 2 rings (SSSR count). The molecule has 0 bridgehead atoms. The van der Waals surface area contributed by atoms with Crippen LogP contribution in [0.15, 0.2) is 54.6 Å². The molecule has 2 aromatic carbocycles. The lowest BCUT2D eigenvalue weighted by Gasteiger charge is -2.29. The van der Waals surface area contributed by atoms with E-state index in [0.29, 0.717) is 12.4 Å². The van der Waals surface area contributed by atoms with Crippen LogP contribution in [-0.2, 0) is 15.1 Å². The molecule has 0 saturated heterocycles. The van der Waals surface area contributed by atoms with Crippen LogP contribution in [0.3, 0.4) is 0 Å². The summed E-state index contributed by atoms with van der Waals surface area (Å²) in [6.45, 7) is 5.85. The first-order chi connectivity index (χ1) is 10.1. The van der Waals surface area contributed by atoms with E-state index >= 15 is 0 Å². The van der Waals surface area contributed by atoms with Gasteiger partial charge in [-0.3, -0.25) is 0 Å². The average molecular weight is 284 g/mol. The van der Waals surface area contributed by atoms with E-state index in [1.54, 1.807) is 13.8 Å². The zero-order valence-electron chi connectivity index (χ0n) is 12.6. The Morgan fingerprint density at radius 2 is 1.67 bits per heavy atom. The van der Waals surface area contributed by atoms with Gasteiger partial charge in [-0.2, -0.15) is 0 Å². The second-order valence-electron chi connectivity index (χ2n) is 5.03. The van der Waals surface area contributed by atoms with Crippen LogP contribution in [0.1, 0.15) is 25.0 Å². The van der Waals surface area contributed by atoms with Gasteiger partial charge < -0.3 is 9.47 Å². The highest BCUT2D eigenvalue weighted by molar-refractivity contribution is 5.81. The molecule has 0 aliphatic carbocycles. The molecule has 0 saturated carbocycles. The molecule has 21 heavy (non-hydrogen) atoms. The zero-order chi connectivity index (χ0) is 15.3. The van der Waals surface area contributed by atoms with Gasteiger partial charge in [-0.25, -0.2) is 4.79 Å². The molecule has 0 amide bonds. The van der Waals surface area contributed by atoms with Gasteiger partial charge in [0.25, 0.3) is 0 Å². The van der Waals surface area contributed by atoms with Crippen molar-refractivity contribution in [1.82, 2.24) is 0 Å². The minimum atomic E-state index is -1.16. The Hall–Kier alpha value is -2.29. The van der Waals surface area contributed by atoms with Crippen molar-refractivity contribution in [2.75, 3.05) is 6.61 Å². The maximum Gasteiger partial charge on any atom is 0.354 e. The normalized spacial score (nSPS) is 13.3. The molecule has 0 aliphatic heterocycles. The Morgan fingerprint density at radius 3 is 2.24 bits per heavy atom. The average Bonchev–Trinajstić information content (AvgIpc) is 2.50. The van der Waals surface area contributed by atoms with Gasteiger partial charge in [-0.05, 0) is 32.9 Å². The third-order valence-electron chi connectivity index (χ3n) is 3.33. The SMILES string of the molecule is CCOC(=O)[C@@](C)(Oc1ccc(C)cc1)c1ccccc1. The van der Waals surface area contributed by atoms with Crippen LogP contribution >= 0.6 is 0 Å². The Kier molecular flexibility index (Phi) is 4.63. The molecular weight excluding hydrogens is 264 g/mol. The molecular formula is C18H20O3. The predicted molar refractivity (Wildman–Crippen MR) is 82.2 cm³/mol. The van der Waals surface area contributed by atoms with Crippen LogP contribution in [0, 0.1) is 6.92 Å². The quantitative estimate of drug-likeness (QED) is 0.782. The van der Waals surface area contributed by atoms with E-state index in [2.05, 4.69) is 0 Å². The summed E-state index contributed by atoms with van der Waals surface area (Å²) in [4.78, 5) is 12.4. The van der Waals surface area contributed by atoms with Crippen molar-refractivity contribution in [3.8, 4) is 5.75 Å². The zero-order valence-corrected chi connectivity index (χ0v) is 12.6. The maximum absolute atomic E-state index is 12.4. The molecule has 0 fully saturated rings. The molecule has 0 radical (unpaired) electrons. The number of ether oxygens (including phenoxy) is 2. The Morgan fingerprint density at radius 1 is 1.05 bits per heavy atom. The second-order valence-corrected chi connectivity index (χ2v) is 5.03. The fraction of sp³-hybridized carbons (Fsp3) is 0.278. The number of rotatable bonds is 5. The van der Waals surface area contributed by atoms with E-state index in [-0.39, 0.29) is 0 Å². The van der Waals surface area contributed by atoms with Crippen molar-refractivity contribution in [2.45, 2.75) is 26.4 Å². The first-order valence-electron chi connectivity index (χ1n) is 7.04. The largest absolute Gasteiger partial charge is 0.471 e. The molecule has 0 unspecified atom stereocenters. The minimum absolute atomic E-state index is 0.318. The summed E-state index contributed by atoms with van der Waals surface area (Å²) in [5.74, 6) is 0.247. The van der Waals surface area contributed by atoms with Gasteiger partial charge >= 0.3 is 5.97 Å². The first-order valence-corrected chi connectivity index (χ1v) is 7.04. The van der Waals surface area contributed by atoms with E-state index < -0.39 is 11.6 Å². The summed E-state index contributed by atoms with van der Waals surface area (Å²) in [7, 11) is 0. The van der Waals surface area contributed by atoms with Crippen LogP contribution in [0.5, 0.6) is 5.75 Å². The van der Waals surface area contributed by atoms with Crippen LogP contribution in [0.2, 0.25) is 0 Å². The summed E-state index contributed by atoms with van der Waals surface area (Å²) in [5.41, 5.74) is 0.746. The lowest BCUT2D eigenvalue weighted by Crippen LogP contribution is -2.40. The van der Waals surface area contributed by atoms with Crippen LogP contribution in [0.25, 0.3) is 0 Å². The summed E-state index contributed by atoms with van der Waals surface area (Å²) in [6.07, 6.45) is 0. The molecule has 0 heterocycles. The lowest BCUT2D eigenvalue weighted by molar-refractivity contribution is -0.161. The van der Waals surface area contributed by atoms with Gasteiger partial charge in [0.15, 0.2) is 0 Å². The Bertz CT molecular complexity index is 590. The van der Waals surface area contributed by atoms with E-state index in [1.165, 1.54) is 0 Å². The molecule has 0 aromatic heterocycles. The van der Waals surface area contributed by atoms with Crippen LogP contribution in [-0.4, -0.2) is 12.6 Å². The topological polar surface area (TPSA) is 35.5 Å². The monoisotopic (exact) mass is 284 g/mol. The van der Waals surface area contributed by atoms with Crippen molar-refractivity contribution in [2.24, 2.45) is 0 Å². The standard InChI is InChI=1S/C18H20O3/c1-4-20-17(19)18(3,15-8-6-5-7-9-15)21-16-12-10-14(2)11-13-16/h5-13H,4H2,1-3H3/t18-/m0/s1. The van der Waals surface area contributed by atoms with Crippen molar-refractivity contribution in [1.29, 1.82) is 0 Å². The van der Waals surface area contributed by atoms with Crippen molar-refractivity contribution in [3.05, 3.63) is 65.7 Å². The molecule has 0 spiro atoms. The minimum Gasteiger partial charge on any atom is -0.471 e. The van der Waals surface area contributed by atoms with Crippen molar-refractivity contribution in [3.63, 3.8) is 0 Å². The first kappa shape index (κ1) is 15.1. The highest BCUT2D eigenvalue weighted by atomic mass is 16.6. The highest BCUT2D eigenvalue weighted by Gasteiger charge is 2.39. The highest BCUT2D eigenvalue weighted by Crippen LogP contribution is 2.29. The maximum atomic E-state index is 12.4. The third-order valence-corrected chi connectivity index (χ3v) is 3.33. The third kappa shape index (κ3) is 3.43. The summed E-state index contributed by atoms with van der Waals surface area (Å²) in [6, 6.07) is 17.0. The van der Waals surface area contributed by atoms with Gasteiger partial charge in [-0.1, -0.05) is 48.0 Å². The summed E-state index contributed by atoms with van der Waals surface area (Å²) < 4.78 is 11.2. The smallest absolute Gasteiger partial charge is 0.354 e. The van der Waals surface area contributed by atoms with Gasteiger partial charge in [0, 0.05) is 5.56 Å². The van der Waals surface area contributed by atoms with E-state index in [1.807, 2.05) is 61.5 Å². The van der Waals surface area contributed by atoms with Crippen molar-refractivity contribution < 1.29 is 14.3 Å². The van der Waals surface area contributed by atoms with Crippen LogP contribution in [0.4, 0.5) is 0 Å². The number of esters is 1. The number of hydrogen-bond donors (Lipinski definition) is 0. The van der Waals surface area contributed by atoms with Crippen molar-refractivity contribution >= 4 is 5.97 Å². The number of aryl methyl sites for hydroxylation is 1. The lowest BCUT2D eigenvalue weighted by atomic mass is 9.95. The fourth-order valence-corrected chi connectivity index (χ4v) is 2.09. The van der Waals surface area contributed by atoms with Gasteiger partial charge in [-0.15, -0.1) is 0 Å². The summed E-state index contributed by atoms with van der Waals surface area (Å²) in [5, 5.41) is 0. The van der Waals surface area contributed by atoms with E-state index in [4.69, 9.17) is 9.47 Å². The second kappa shape index (κ2) is 6.44. The van der Waals surface area contributed by atoms with Gasteiger partial charge in [0.1, 0.15) is 5.75 Å². The van der Waals surface area contributed by atoms with E-state index in [9.17, 15) is 4.79 Å². The van der Waals surface area contributed by atoms with Gasteiger partial charge in [0.05, 0.1) is 6.61 Å². The number of carbonyl (C=O) groups excluding carboxylic acids is 1. The molecule has 110 valence electrons. The van der Waals surface area contributed by atoms with Gasteiger partial charge in [0.2, 0.25) is 5.60 Å². The Labute approximate surface area is 125 Å². The molecule has 0 aliphatic rings. The fourth-order valence-electron chi connectivity index (χ4n) is 2.09. The van der Waals surface area contributed by atoms with Crippen LogP contribution < -0.4 is 4.74 Å². The van der Waals surface area contributed by atoms with E-state index in [0.717, 1.165) is 11.1 Å². The molecule has 0 N–H and O–H groups in total. The molecule has 3 nitrogen and oxygen atoms in total. The number of hydrogen-bond acceptors (Lipinski definition) is 3.